The van der Waals surface area contributed by atoms with Crippen LogP contribution in [-0.4, -0.2) is 33.3 Å². The van der Waals surface area contributed by atoms with Crippen LogP contribution < -0.4 is 10.5 Å². The van der Waals surface area contributed by atoms with Gasteiger partial charge in [-0.2, -0.15) is 10.1 Å². The average Bonchev–Trinajstić information content (AvgIpc) is 3.12. The molecule has 0 spiro atoms. The van der Waals surface area contributed by atoms with Gasteiger partial charge in [0.25, 0.3) is 5.56 Å². The molecule has 0 aliphatic heterocycles. The minimum atomic E-state index is -0.182. The summed E-state index contributed by atoms with van der Waals surface area (Å²) in [6.07, 6.45) is 2.43. The highest BCUT2D eigenvalue weighted by Crippen LogP contribution is 2.16. The zero-order chi connectivity index (χ0) is 17.9. The number of rotatable bonds is 5. The van der Waals surface area contributed by atoms with E-state index in [2.05, 4.69) is 27.2 Å². The Kier molecular flexibility index (Phi) is 4.23. The van der Waals surface area contributed by atoms with Crippen molar-refractivity contribution in [1.29, 1.82) is 0 Å². The quantitative estimate of drug-likeness (QED) is 0.604. The smallest absolute Gasteiger partial charge is 0.263 e. The molecule has 2 heterocycles. The molecule has 6 heteroatoms. The molecule has 0 bridgehead atoms. The Morgan fingerprint density at radius 3 is 2.46 bits per heavy atom. The molecule has 130 valence electrons. The first-order chi connectivity index (χ1) is 12.7. The summed E-state index contributed by atoms with van der Waals surface area (Å²) in [5, 5.41) is 4.82. The first-order valence-corrected chi connectivity index (χ1v) is 8.51. The van der Waals surface area contributed by atoms with Gasteiger partial charge >= 0.3 is 0 Å². The number of aromatic amines is 1. The molecule has 0 radical (unpaired) electrons. The van der Waals surface area contributed by atoms with E-state index in [9.17, 15) is 4.79 Å². The Morgan fingerprint density at radius 2 is 1.73 bits per heavy atom. The second-order valence-corrected chi connectivity index (χ2v) is 6.18. The number of fused-ring (bicyclic) bond motifs is 1. The number of hydrogen-bond acceptors (Lipinski definition) is 4. The molecule has 2 aromatic heterocycles. The minimum Gasteiger partial charge on any atom is -0.345 e. The molecule has 0 atom stereocenters. The number of nitrogens with one attached hydrogen (secondary N) is 1. The van der Waals surface area contributed by atoms with Gasteiger partial charge in [0.1, 0.15) is 5.39 Å². The van der Waals surface area contributed by atoms with Crippen LogP contribution in [0.15, 0.2) is 71.7 Å². The fourth-order valence-corrected chi connectivity index (χ4v) is 2.89. The summed E-state index contributed by atoms with van der Waals surface area (Å²) < 4.78 is 1.69. The molecule has 26 heavy (non-hydrogen) atoms. The number of anilines is 1. The fourth-order valence-electron chi connectivity index (χ4n) is 2.89. The van der Waals surface area contributed by atoms with Crippen LogP contribution in [0.2, 0.25) is 0 Å². The maximum Gasteiger partial charge on any atom is 0.263 e. The van der Waals surface area contributed by atoms with Gasteiger partial charge in [-0.25, -0.2) is 4.68 Å². The van der Waals surface area contributed by atoms with Crippen molar-refractivity contribution in [3.63, 3.8) is 0 Å². The van der Waals surface area contributed by atoms with Crippen molar-refractivity contribution < 1.29 is 0 Å². The molecule has 0 unspecified atom stereocenters. The van der Waals surface area contributed by atoms with Crippen LogP contribution in [0, 0.1) is 0 Å². The van der Waals surface area contributed by atoms with Gasteiger partial charge in [0.15, 0.2) is 5.65 Å². The van der Waals surface area contributed by atoms with Gasteiger partial charge in [-0.05, 0) is 24.1 Å². The molecule has 0 saturated carbocycles. The fraction of sp³-hybridized carbons (Fsp3) is 0.150. The third-order valence-corrected chi connectivity index (χ3v) is 4.37. The molecule has 4 aromatic rings. The van der Waals surface area contributed by atoms with Gasteiger partial charge < -0.3 is 4.90 Å². The standard InChI is InChI=1S/C20H19N5O/c1-24(13-12-15-8-4-2-5-9-15)20-22-18-17(19(26)23-20)14-21-25(18)16-10-6-3-7-11-16/h2-11,14H,12-13H2,1H3,(H,22,23,26). The molecule has 0 aliphatic carbocycles. The Balaban J connectivity index is 1.66. The zero-order valence-electron chi connectivity index (χ0n) is 14.5. The highest BCUT2D eigenvalue weighted by molar-refractivity contribution is 5.76. The summed E-state index contributed by atoms with van der Waals surface area (Å²) in [6.45, 7) is 0.748. The lowest BCUT2D eigenvalue weighted by atomic mass is 10.1. The summed E-state index contributed by atoms with van der Waals surface area (Å²) >= 11 is 0. The molecule has 4 rings (SSSR count). The lowest BCUT2D eigenvalue weighted by Crippen LogP contribution is -2.25. The highest BCUT2D eigenvalue weighted by atomic mass is 16.1. The lowest BCUT2D eigenvalue weighted by Gasteiger charge is -2.17. The first-order valence-electron chi connectivity index (χ1n) is 8.51. The van der Waals surface area contributed by atoms with Crippen LogP contribution in [0.5, 0.6) is 0 Å². The topological polar surface area (TPSA) is 66.8 Å². The number of benzene rings is 2. The first kappa shape index (κ1) is 16.1. The maximum absolute atomic E-state index is 12.4. The summed E-state index contributed by atoms with van der Waals surface area (Å²) in [5.74, 6) is 0.538. The number of nitrogens with zero attached hydrogens (tertiary/aromatic N) is 4. The van der Waals surface area contributed by atoms with Crippen LogP contribution in [0.1, 0.15) is 5.56 Å². The Morgan fingerprint density at radius 1 is 1.04 bits per heavy atom. The minimum absolute atomic E-state index is 0.182. The van der Waals surface area contributed by atoms with Gasteiger partial charge in [-0.15, -0.1) is 0 Å². The SMILES string of the molecule is CN(CCc1ccccc1)c1nc2c(cnn2-c2ccccc2)c(=O)[nH]1. The Hall–Kier alpha value is -3.41. The molecule has 0 aliphatic rings. The van der Waals surface area contributed by atoms with Crippen molar-refractivity contribution in [2.24, 2.45) is 0 Å². The zero-order valence-corrected chi connectivity index (χ0v) is 14.5. The second kappa shape index (κ2) is 6.84. The van der Waals surface area contributed by atoms with Crippen molar-refractivity contribution in [3.05, 3.63) is 82.8 Å². The monoisotopic (exact) mass is 345 g/mol. The van der Waals surface area contributed by atoms with Crippen molar-refractivity contribution in [2.45, 2.75) is 6.42 Å². The van der Waals surface area contributed by atoms with Gasteiger partial charge in [0.05, 0.1) is 11.9 Å². The molecule has 6 nitrogen and oxygen atoms in total. The van der Waals surface area contributed by atoms with Crippen LogP contribution >= 0.6 is 0 Å². The van der Waals surface area contributed by atoms with Gasteiger partial charge in [0.2, 0.25) is 5.95 Å². The predicted octanol–water partition coefficient (Wildman–Crippen LogP) is 2.79. The van der Waals surface area contributed by atoms with E-state index in [0.29, 0.717) is 17.0 Å². The van der Waals surface area contributed by atoms with E-state index in [4.69, 9.17) is 0 Å². The molecule has 0 fully saturated rings. The van der Waals surface area contributed by atoms with Crippen molar-refractivity contribution in [1.82, 2.24) is 19.7 Å². The summed E-state index contributed by atoms with van der Waals surface area (Å²) in [6, 6.07) is 19.9. The van der Waals surface area contributed by atoms with Crippen LogP contribution in [0.3, 0.4) is 0 Å². The summed E-state index contributed by atoms with van der Waals surface area (Å²) in [4.78, 5) is 21.9. The Bertz CT molecular complexity index is 1070. The number of para-hydroxylation sites is 1. The summed E-state index contributed by atoms with van der Waals surface area (Å²) in [5.41, 5.74) is 2.50. The summed E-state index contributed by atoms with van der Waals surface area (Å²) in [7, 11) is 1.93. The highest BCUT2D eigenvalue weighted by Gasteiger charge is 2.13. The molecular weight excluding hydrogens is 326 g/mol. The van der Waals surface area contributed by atoms with E-state index in [1.54, 1.807) is 10.9 Å². The third kappa shape index (κ3) is 3.09. The molecular formula is C20H19N5O. The van der Waals surface area contributed by atoms with Crippen molar-refractivity contribution in [2.75, 3.05) is 18.5 Å². The number of likely N-dealkylation sites (N-methyl/N-ethyl adjacent to an activating group) is 1. The van der Waals surface area contributed by atoms with E-state index < -0.39 is 0 Å². The van der Waals surface area contributed by atoms with Gasteiger partial charge in [-0.3, -0.25) is 9.78 Å². The molecule has 1 N–H and O–H groups in total. The van der Waals surface area contributed by atoms with Crippen LogP contribution in [0.4, 0.5) is 5.95 Å². The Labute approximate surface area is 150 Å². The van der Waals surface area contributed by atoms with Crippen molar-refractivity contribution in [3.8, 4) is 5.69 Å². The largest absolute Gasteiger partial charge is 0.345 e. The van der Waals surface area contributed by atoms with E-state index in [0.717, 1.165) is 18.7 Å². The van der Waals surface area contributed by atoms with E-state index in [1.807, 2.05) is 60.5 Å². The van der Waals surface area contributed by atoms with Crippen LogP contribution in [0.25, 0.3) is 16.7 Å². The number of aromatic nitrogens is 4. The van der Waals surface area contributed by atoms with E-state index in [1.165, 1.54) is 5.56 Å². The third-order valence-electron chi connectivity index (χ3n) is 4.37. The molecule has 0 saturated heterocycles. The average molecular weight is 345 g/mol. The van der Waals surface area contributed by atoms with Gasteiger partial charge in [0, 0.05) is 13.6 Å². The predicted molar refractivity (Wildman–Crippen MR) is 103 cm³/mol. The lowest BCUT2D eigenvalue weighted by molar-refractivity contribution is 0.831. The second-order valence-electron chi connectivity index (χ2n) is 6.18. The van der Waals surface area contributed by atoms with Crippen molar-refractivity contribution >= 4 is 17.0 Å². The van der Waals surface area contributed by atoms with E-state index in [-0.39, 0.29) is 5.56 Å². The van der Waals surface area contributed by atoms with E-state index >= 15 is 0 Å². The van der Waals surface area contributed by atoms with Gasteiger partial charge in [-0.1, -0.05) is 48.5 Å². The number of hydrogen-bond donors (Lipinski definition) is 1. The van der Waals surface area contributed by atoms with Crippen LogP contribution in [-0.2, 0) is 6.42 Å². The molecule has 2 aromatic carbocycles. The maximum atomic E-state index is 12.4. The normalized spacial score (nSPS) is 11.0. The number of H-pyrrole nitrogens is 1. The molecule has 0 amide bonds.